The number of carboxylic acid groups (broad SMARTS) is 1. The van der Waals surface area contributed by atoms with Gasteiger partial charge in [0.25, 0.3) is 0 Å². The highest BCUT2D eigenvalue weighted by molar-refractivity contribution is 5.99. The number of hydrogen-bond donors (Lipinski definition) is 3. The van der Waals surface area contributed by atoms with Crippen LogP contribution in [0.4, 0.5) is 5.69 Å². The molecule has 94 valence electrons. The van der Waals surface area contributed by atoms with Crippen LogP contribution in [0.1, 0.15) is 16.1 Å². The van der Waals surface area contributed by atoms with E-state index in [9.17, 15) is 4.79 Å². The number of carbonyl (C=O) groups is 1. The van der Waals surface area contributed by atoms with Gasteiger partial charge in [-0.1, -0.05) is 12.1 Å². The highest BCUT2D eigenvalue weighted by Gasteiger charge is 2.19. The number of aromatic carboxylic acids is 1. The van der Waals surface area contributed by atoms with E-state index in [4.69, 9.17) is 15.6 Å². The molecule has 18 heavy (non-hydrogen) atoms. The van der Waals surface area contributed by atoms with Crippen molar-refractivity contribution in [3.05, 3.63) is 35.5 Å². The van der Waals surface area contributed by atoms with Crippen LogP contribution in [0.3, 0.4) is 0 Å². The van der Waals surface area contributed by atoms with Crippen LogP contribution in [0.2, 0.25) is 0 Å². The molecule has 5 nitrogen and oxygen atoms in total. The molecule has 0 radical (unpaired) electrons. The Labute approximate surface area is 104 Å². The molecule has 0 aliphatic carbocycles. The van der Waals surface area contributed by atoms with Crippen molar-refractivity contribution in [1.29, 1.82) is 0 Å². The van der Waals surface area contributed by atoms with Gasteiger partial charge >= 0.3 is 5.97 Å². The molecule has 0 saturated heterocycles. The van der Waals surface area contributed by atoms with E-state index in [1.807, 2.05) is 18.2 Å². The van der Waals surface area contributed by atoms with Crippen LogP contribution in [0, 0.1) is 6.92 Å². The van der Waals surface area contributed by atoms with Crippen LogP contribution in [0.15, 0.2) is 24.3 Å². The van der Waals surface area contributed by atoms with Gasteiger partial charge < -0.3 is 20.6 Å². The molecule has 5 heteroatoms. The highest BCUT2D eigenvalue weighted by Crippen LogP contribution is 2.32. The minimum Gasteiger partial charge on any atom is -0.497 e. The minimum atomic E-state index is -1.03. The van der Waals surface area contributed by atoms with Crippen molar-refractivity contribution in [2.24, 2.45) is 0 Å². The van der Waals surface area contributed by atoms with Crippen molar-refractivity contribution in [1.82, 2.24) is 4.98 Å². The summed E-state index contributed by atoms with van der Waals surface area (Å²) in [5.41, 5.74) is 8.17. The molecule has 0 aliphatic rings. The van der Waals surface area contributed by atoms with Gasteiger partial charge in [-0.2, -0.15) is 0 Å². The summed E-state index contributed by atoms with van der Waals surface area (Å²) in [5.74, 6) is -0.341. The average Bonchev–Trinajstić information content (AvgIpc) is 2.65. The number of aromatic nitrogens is 1. The molecule has 1 heterocycles. The largest absolute Gasteiger partial charge is 0.497 e. The Balaban J connectivity index is 2.57. The quantitative estimate of drug-likeness (QED) is 0.775. The molecule has 0 aliphatic heterocycles. The monoisotopic (exact) mass is 246 g/mol. The normalized spacial score (nSPS) is 10.3. The minimum absolute atomic E-state index is 0.118. The zero-order valence-electron chi connectivity index (χ0n) is 10.2. The number of ether oxygens (including phenoxy) is 1. The maximum atomic E-state index is 11.1. The molecular weight excluding hydrogens is 232 g/mol. The molecule has 0 bridgehead atoms. The number of nitrogen functional groups attached to an aromatic ring is 1. The van der Waals surface area contributed by atoms with Crippen molar-refractivity contribution in [2.75, 3.05) is 12.8 Å². The van der Waals surface area contributed by atoms with Gasteiger partial charge in [0.2, 0.25) is 0 Å². The van der Waals surface area contributed by atoms with E-state index in [-0.39, 0.29) is 11.3 Å². The molecule has 4 N–H and O–H groups in total. The maximum absolute atomic E-state index is 11.1. The number of aromatic amines is 1. The Morgan fingerprint density at radius 1 is 1.44 bits per heavy atom. The Hall–Kier alpha value is -2.43. The SMILES string of the molecule is COc1cccc(-c2[nH]c(C)c(C(=O)O)c2N)c1. The van der Waals surface area contributed by atoms with Crippen LogP contribution < -0.4 is 10.5 Å². The zero-order valence-corrected chi connectivity index (χ0v) is 10.2. The molecule has 0 atom stereocenters. The van der Waals surface area contributed by atoms with Gasteiger partial charge in [0.15, 0.2) is 0 Å². The second kappa shape index (κ2) is 4.44. The molecule has 1 aromatic heterocycles. The topological polar surface area (TPSA) is 88.3 Å². The summed E-state index contributed by atoms with van der Waals surface area (Å²) in [6, 6.07) is 7.28. The van der Waals surface area contributed by atoms with Gasteiger partial charge in [-0.25, -0.2) is 4.79 Å². The number of carboxylic acids is 1. The number of nitrogens with one attached hydrogen (secondary N) is 1. The number of nitrogens with two attached hydrogens (primary N) is 1. The van der Waals surface area contributed by atoms with Crippen molar-refractivity contribution < 1.29 is 14.6 Å². The van der Waals surface area contributed by atoms with E-state index < -0.39 is 5.97 Å². The number of aryl methyl sites for hydroxylation is 1. The van der Waals surface area contributed by atoms with Gasteiger partial charge in [0.05, 0.1) is 18.5 Å². The fourth-order valence-corrected chi connectivity index (χ4v) is 1.93. The number of anilines is 1. The van der Waals surface area contributed by atoms with E-state index in [1.54, 1.807) is 20.1 Å². The predicted octanol–water partition coefficient (Wildman–Crippen LogP) is 2.28. The Morgan fingerprint density at radius 2 is 2.17 bits per heavy atom. The van der Waals surface area contributed by atoms with Gasteiger partial charge in [-0.3, -0.25) is 0 Å². The number of H-pyrrole nitrogens is 1. The van der Waals surface area contributed by atoms with E-state index in [0.29, 0.717) is 17.1 Å². The lowest BCUT2D eigenvalue weighted by atomic mass is 10.1. The second-order valence-electron chi connectivity index (χ2n) is 3.95. The Bertz CT molecular complexity index is 602. The first-order valence-corrected chi connectivity index (χ1v) is 5.40. The van der Waals surface area contributed by atoms with Gasteiger partial charge in [0.1, 0.15) is 11.3 Å². The van der Waals surface area contributed by atoms with Gasteiger partial charge in [-0.15, -0.1) is 0 Å². The zero-order chi connectivity index (χ0) is 13.3. The third-order valence-electron chi connectivity index (χ3n) is 2.80. The van der Waals surface area contributed by atoms with E-state index in [2.05, 4.69) is 4.98 Å². The summed E-state index contributed by atoms with van der Waals surface area (Å²) < 4.78 is 5.13. The summed E-state index contributed by atoms with van der Waals surface area (Å²) in [5, 5.41) is 9.08. The molecule has 1 aromatic carbocycles. The lowest BCUT2D eigenvalue weighted by Gasteiger charge is -2.04. The maximum Gasteiger partial charge on any atom is 0.339 e. The van der Waals surface area contributed by atoms with E-state index in [1.165, 1.54) is 0 Å². The standard InChI is InChI=1S/C13H14N2O3/c1-7-10(13(16)17)11(14)12(15-7)8-4-3-5-9(6-8)18-2/h3-6,15H,14H2,1-2H3,(H,16,17). The second-order valence-corrected chi connectivity index (χ2v) is 3.95. The molecule has 0 spiro atoms. The third kappa shape index (κ3) is 1.90. The summed E-state index contributed by atoms with van der Waals surface area (Å²) >= 11 is 0. The van der Waals surface area contributed by atoms with Crippen LogP contribution in [0.25, 0.3) is 11.3 Å². The van der Waals surface area contributed by atoms with Crippen molar-refractivity contribution in [3.8, 4) is 17.0 Å². The van der Waals surface area contributed by atoms with Crippen LogP contribution in [-0.2, 0) is 0 Å². The predicted molar refractivity (Wildman–Crippen MR) is 68.9 cm³/mol. The summed E-state index contributed by atoms with van der Waals surface area (Å²) in [6.07, 6.45) is 0. The molecule has 0 amide bonds. The fourth-order valence-electron chi connectivity index (χ4n) is 1.93. The third-order valence-corrected chi connectivity index (χ3v) is 2.80. The van der Waals surface area contributed by atoms with Crippen molar-refractivity contribution in [2.45, 2.75) is 6.92 Å². The highest BCUT2D eigenvalue weighted by atomic mass is 16.5. The average molecular weight is 246 g/mol. The Kier molecular flexibility index (Phi) is 2.97. The number of hydrogen-bond acceptors (Lipinski definition) is 3. The first-order chi connectivity index (χ1) is 8.54. The first-order valence-electron chi connectivity index (χ1n) is 5.40. The van der Waals surface area contributed by atoms with Crippen LogP contribution >= 0.6 is 0 Å². The van der Waals surface area contributed by atoms with Crippen molar-refractivity contribution >= 4 is 11.7 Å². The van der Waals surface area contributed by atoms with Crippen LogP contribution in [-0.4, -0.2) is 23.2 Å². The van der Waals surface area contributed by atoms with Gasteiger partial charge in [0, 0.05) is 11.3 Å². The summed E-state index contributed by atoms with van der Waals surface area (Å²) in [4.78, 5) is 14.1. The molecular formula is C13H14N2O3. The van der Waals surface area contributed by atoms with Crippen LogP contribution in [0.5, 0.6) is 5.75 Å². The summed E-state index contributed by atoms with van der Waals surface area (Å²) in [6.45, 7) is 1.68. The fraction of sp³-hybridized carbons (Fsp3) is 0.154. The van der Waals surface area contributed by atoms with Crippen molar-refractivity contribution in [3.63, 3.8) is 0 Å². The molecule has 2 rings (SSSR count). The Morgan fingerprint density at radius 3 is 2.72 bits per heavy atom. The number of benzene rings is 1. The first kappa shape index (κ1) is 12.0. The lowest BCUT2D eigenvalue weighted by molar-refractivity contribution is 0.0697. The molecule has 0 saturated carbocycles. The summed E-state index contributed by atoms with van der Waals surface area (Å²) in [7, 11) is 1.57. The van der Waals surface area contributed by atoms with E-state index >= 15 is 0 Å². The molecule has 0 unspecified atom stereocenters. The van der Waals surface area contributed by atoms with Gasteiger partial charge in [-0.05, 0) is 19.1 Å². The smallest absolute Gasteiger partial charge is 0.339 e. The molecule has 2 aromatic rings. The number of methoxy groups -OCH3 is 1. The number of rotatable bonds is 3. The van der Waals surface area contributed by atoms with E-state index in [0.717, 1.165) is 5.56 Å². The lowest BCUT2D eigenvalue weighted by Crippen LogP contribution is -2.01. The molecule has 0 fully saturated rings.